The summed E-state index contributed by atoms with van der Waals surface area (Å²) >= 11 is 6.43. The SMILES string of the molecule is O=C(Nc1nnc(SCc2ccc(Br)cc2)s1)c1ccc(Cc2ccccc2)cc1. The number of halogens is 1. The van der Waals surface area contributed by atoms with Gasteiger partial charge in [-0.2, -0.15) is 0 Å². The first-order valence-electron chi connectivity index (χ1n) is 9.31. The monoisotopic (exact) mass is 495 g/mol. The van der Waals surface area contributed by atoms with Crippen LogP contribution < -0.4 is 5.32 Å². The standard InChI is InChI=1S/C23H18BrN3OS2/c24-20-12-8-18(9-13-20)15-29-23-27-26-22(30-23)25-21(28)19-10-6-17(7-11-19)14-16-4-2-1-3-5-16/h1-13H,14-15H2,(H,25,26,28). The Kier molecular flexibility index (Phi) is 6.94. The summed E-state index contributed by atoms with van der Waals surface area (Å²) in [5, 5.41) is 11.6. The van der Waals surface area contributed by atoms with Gasteiger partial charge in [0.1, 0.15) is 0 Å². The van der Waals surface area contributed by atoms with Gasteiger partial charge in [-0.3, -0.25) is 10.1 Å². The third kappa shape index (κ3) is 5.78. The minimum Gasteiger partial charge on any atom is -0.296 e. The molecule has 0 radical (unpaired) electrons. The number of anilines is 1. The van der Waals surface area contributed by atoms with Crippen LogP contribution >= 0.6 is 39.0 Å². The van der Waals surface area contributed by atoms with E-state index >= 15 is 0 Å². The number of nitrogens with one attached hydrogen (secondary N) is 1. The number of benzene rings is 3. The summed E-state index contributed by atoms with van der Waals surface area (Å²) in [6.07, 6.45) is 0.845. The van der Waals surface area contributed by atoms with Crippen molar-refractivity contribution < 1.29 is 4.79 Å². The number of rotatable bonds is 7. The van der Waals surface area contributed by atoms with Crippen LogP contribution in [0.5, 0.6) is 0 Å². The van der Waals surface area contributed by atoms with Gasteiger partial charge < -0.3 is 0 Å². The molecule has 3 aromatic carbocycles. The second kappa shape index (κ2) is 10.0. The van der Waals surface area contributed by atoms with Gasteiger partial charge in [-0.05, 0) is 47.4 Å². The molecule has 4 aromatic rings. The van der Waals surface area contributed by atoms with Gasteiger partial charge in [0.15, 0.2) is 4.34 Å². The molecule has 4 rings (SSSR count). The van der Waals surface area contributed by atoms with E-state index in [1.807, 2.05) is 54.6 Å². The summed E-state index contributed by atoms with van der Waals surface area (Å²) in [7, 11) is 0. The number of amides is 1. The Balaban J connectivity index is 1.32. The Morgan fingerprint density at radius 2 is 1.53 bits per heavy atom. The van der Waals surface area contributed by atoms with Gasteiger partial charge in [0.05, 0.1) is 0 Å². The van der Waals surface area contributed by atoms with Crippen LogP contribution in [0.25, 0.3) is 0 Å². The lowest BCUT2D eigenvalue weighted by atomic mass is 10.0. The molecule has 0 saturated carbocycles. The first-order chi connectivity index (χ1) is 14.7. The Morgan fingerprint density at radius 3 is 2.27 bits per heavy atom. The van der Waals surface area contributed by atoms with E-state index in [1.165, 1.54) is 28.0 Å². The molecule has 0 atom stereocenters. The van der Waals surface area contributed by atoms with Crippen LogP contribution in [0.15, 0.2) is 87.7 Å². The van der Waals surface area contributed by atoms with Gasteiger partial charge in [0.25, 0.3) is 5.91 Å². The van der Waals surface area contributed by atoms with Gasteiger partial charge in [-0.25, -0.2) is 0 Å². The number of carbonyl (C=O) groups is 1. The lowest BCUT2D eigenvalue weighted by molar-refractivity contribution is 0.102. The highest BCUT2D eigenvalue weighted by Gasteiger charge is 2.11. The third-order valence-corrected chi connectivity index (χ3v) is 6.94. The highest BCUT2D eigenvalue weighted by atomic mass is 79.9. The quantitative estimate of drug-likeness (QED) is 0.237. The number of hydrogen-bond donors (Lipinski definition) is 1. The van der Waals surface area contributed by atoms with Crippen molar-refractivity contribution >= 4 is 50.1 Å². The number of nitrogens with zero attached hydrogens (tertiary/aromatic N) is 2. The average Bonchev–Trinajstić information content (AvgIpc) is 3.22. The Bertz CT molecular complexity index is 1110. The zero-order valence-corrected chi connectivity index (χ0v) is 19.1. The third-order valence-electron chi connectivity index (χ3n) is 4.37. The molecule has 0 aliphatic rings. The van der Waals surface area contributed by atoms with Gasteiger partial charge in [0, 0.05) is 15.8 Å². The van der Waals surface area contributed by atoms with E-state index in [0.717, 1.165) is 21.0 Å². The molecule has 30 heavy (non-hydrogen) atoms. The first kappa shape index (κ1) is 20.8. The van der Waals surface area contributed by atoms with E-state index < -0.39 is 0 Å². The highest BCUT2D eigenvalue weighted by Crippen LogP contribution is 2.29. The molecule has 0 aliphatic carbocycles. The lowest BCUT2D eigenvalue weighted by Gasteiger charge is -2.04. The molecule has 150 valence electrons. The van der Waals surface area contributed by atoms with Gasteiger partial charge in [0.2, 0.25) is 5.13 Å². The molecule has 1 amide bonds. The van der Waals surface area contributed by atoms with E-state index in [0.29, 0.717) is 10.7 Å². The number of thioether (sulfide) groups is 1. The smallest absolute Gasteiger partial charge is 0.257 e. The fraction of sp³-hybridized carbons (Fsp3) is 0.0870. The summed E-state index contributed by atoms with van der Waals surface area (Å²) in [4.78, 5) is 12.5. The molecule has 1 aromatic heterocycles. The summed E-state index contributed by atoms with van der Waals surface area (Å²) in [6.45, 7) is 0. The highest BCUT2D eigenvalue weighted by molar-refractivity contribution is 9.10. The average molecular weight is 496 g/mol. The minimum absolute atomic E-state index is 0.179. The molecular formula is C23H18BrN3OS2. The van der Waals surface area contributed by atoms with Crippen LogP contribution in [0.2, 0.25) is 0 Å². The van der Waals surface area contributed by atoms with Crippen LogP contribution in [-0.2, 0) is 12.2 Å². The van der Waals surface area contributed by atoms with Crippen molar-refractivity contribution in [2.75, 3.05) is 5.32 Å². The Hall–Kier alpha value is -2.48. The van der Waals surface area contributed by atoms with Crippen molar-refractivity contribution in [2.24, 2.45) is 0 Å². The normalized spacial score (nSPS) is 10.7. The van der Waals surface area contributed by atoms with E-state index in [9.17, 15) is 4.79 Å². The first-order valence-corrected chi connectivity index (χ1v) is 11.9. The lowest BCUT2D eigenvalue weighted by Crippen LogP contribution is -2.11. The van der Waals surface area contributed by atoms with E-state index in [4.69, 9.17) is 0 Å². The fourth-order valence-corrected chi connectivity index (χ4v) is 4.79. The van der Waals surface area contributed by atoms with Crippen molar-refractivity contribution in [1.82, 2.24) is 10.2 Å². The Morgan fingerprint density at radius 1 is 0.867 bits per heavy atom. The molecule has 0 aliphatic heterocycles. The molecule has 4 nitrogen and oxygen atoms in total. The van der Waals surface area contributed by atoms with Crippen LogP contribution in [0.1, 0.15) is 27.0 Å². The van der Waals surface area contributed by atoms with Crippen LogP contribution in [0, 0.1) is 0 Å². The topological polar surface area (TPSA) is 54.9 Å². The van der Waals surface area contributed by atoms with E-state index in [-0.39, 0.29) is 5.91 Å². The van der Waals surface area contributed by atoms with Crippen molar-refractivity contribution in [3.8, 4) is 0 Å². The second-order valence-electron chi connectivity index (χ2n) is 6.60. The molecule has 0 spiro atoms. The minimum atomic E-state index is -0.179. The number of hydrogen-bond acceptors (Lipinski definition) is 5. The zero-order chi connectivity index (χ0) is 20.8. The van der Waals surface area contributed by atoms with Crippen LogP contribution in [0.4, 0.5) is 5.13 Å². The second-order valence-corrected chi connectivity index (χ2v) is 9.72. The molecule has 1 heterocycles. The van der Waals surface area contributed by atoms with Gasteiger partial charge in [-0.15, -0.1) is 10.2 Å². The van der Waals surface area contributed by atoms with Crippen LogP contribution in [0.3, 0.4) is 0 Å². The predicted molar refractivity (Wildman–Crippen MR) is 127 cm³/mol. The molecule has 0 saturated heterocycles. The van der Waals surface area contributed by atoms with Gasteiger partial charge in [-0.1, -0.05) is 93.6 Å². The molecule has 0 bridgehead atoms. The number of aromatic nitrogens is 2. The van der Waals surface area contributed by atoms with Crippen LogP contribution in [-0.4, -0.2) is 16.1 Å². The maximum absolute atomic E-state index is 12.5. The zero-order valence-electron chi connectivity index (χ0n) is 15.9. The van der Waals surface area contributed by atoms with Crippen molar-refractivity contribution in [3.05, 3.63) is 106 Å². The summed E-state index contributed by atoms with van der Waals surface area (Å²) in [5.74, 6) is 0.625. The molecule has 0 fully saturated rings. The maximum Gasteiger partial charge on any atom is 0.257 e. The number of carbonyl (C=O) groups excluding carboxylic acids is 1. The largest absolute Gasteiger partial charge is 0.296 e. The fourth-order valence-electron chi connectivity index (χ4n) is 2.82. The molecule has 1 N–H and O–H groups in total. The molecular weight excluding hydrogens is 478 g/mol. The molecule has 0 unspecified atom stereocenters. The van der Waals surface area contributed by atoms with Crippen molar-refractivity contribution in [2.45, 2.75) is 16.5 Å². The van der Waals surface area contributed by atoms with E-state index in [1.54, 1.807) is 11.8 Å². The van der Waals surface area contributed by atoms with Crippen molar-refractivity contribution in [1.29, 1.82) is 0 Å². The summed E-state index contributed by atoms with van der Waals surface area (Å²) in [5.41, 5.74) is 4.22. The summed E-state index contributed by atoms with van der Waals surface area (Å²) < 4.78 is 1.89. The predicted octanol–water partition coefficient (Wildman–Crippen LogP) is 6.44. The maximum atomic E-state index is 12.5. The molecule has 7 heteroatoms. The summed E-state index contributed by atoms with van der Waals surface area (Å²) in [6, 6.07) is 26.1. The van der Waals surface area contributed by atoms with Crippen molar-refractivity contribution in [3.63, 3.8) is 0 Å². The Labute approximate surface area is 191 Å². The van der Waals surface area contributed by atoms with E-state index in [2.05, 4.69) is 55.7 Å². The van der Waals surface area contributed by atoms with Gasteiger partial charge >= 0.3 is 0 Å².